The Morgan fingerprint density at radius 2 is 1.77 bits per heavy atom. The summed E-state index contributed by atoms with van der Waals surface area (Å²) in [7, 11) is 2.92. The van der Waals surface area contributed by atoms with Gasteiger partial charge in [0.05, 0.1) is 19.6 Å². The number of carbonyl (C=O) groups excluding carboxylic acids is 2. The number of H-pyrrole nitrogens is 1. The molecule has 10 heteroatoms. The molecule has 10 nitrogen and oxygen atoms in total. The maximum Gasteiger partial charge on any atom is 0.311 e. The highest BCUT2D eigenvalue weighted by Gasteiger charge is 2.40. The number of amides is 1. The summed E-state index contributed by atoms with van der Waals surface area (Å²) in [5.74, 6) is -0.775. The molecule has 4 rings (SSSR count). The third-order valence-electron chi connectivity index (χ3n) is 7.13. The number of ether oxygens (including phenoxy) is 3. The Morgan fingerprint density at radius 3 is 2.42 bits per heavy atom. The van der Waals surface area contributed by atoms with Gasteiger partial charge in [-0.25, -0.2) is 0 Å². The van der Waals surface area contributed by atoms with E-state index >= 15 is 0 Å². The van der Waals surface area contributed by atoms with Gasteiger partial charge in [0.25, 0.3) is 5.91 Å². The van der Waals surface area contributed by atoms with E-state index in [1.54, 1.807) is 54.6 Å². The molecule has 40 heavy (non-hydrogen) atoms. The minimum Gasteiger partial charge on any atom is -0.491 e. The molecule has 1 aliphatic heterocycles. The van der Waals surface area contributed by atoms with Crippen molar-refractivity contribution < 1.29 is 23.8 Å². The number of likely N-dealkylation sites (tertiary alicyclic amines) is 1. The number of aromatic amines is 1. The highest BCUT2D eigenvalue weighted by Crippen LogP contribution is 2.32. The smallest absolute Gasteiger partial charge is 0.311 e. The minimum absolute atomic E-state index is 0.0951. The van der Waals surface area contributed by atoms with Crippen molar-refractivity contribution in [3.8, 4) is 16.9 Å². The monoisotopic (exact) mass is 546 g/mol. The molecule has 1 aliphatic rings. The fourth-order valence-electron chi connectivity index (χ4n) is 5.07. The lowest BCUT2D eigenvalue weighted by molar-refractivity contribution is -0.147. The number of carbonyl (C=O) groups is 2. The molecule has 0 saturated carbocycles. The first-order valence-corrected chi connectivity index (χ1v) is 13.1. The summed E-state index contributed by atoms with van der Waals surface area (Å²) in [6, 6.07) is 15.1. The van der Waals surface area contributed by atoms with E-state index in [0.717, 1.165) is 17.5 Å². The molecule has 1 fully saturated rings. The van der Waals surface area contributed by atoms with Gasteiger partial charge in [0.1, 0.15) is 18.2 Å². The molecule has 1 aromatic heterocycles. The quantitative estimate of drug-likeness (QED) is 0.145. The SMILES string of the molecule is COCCOc1ccc(C(=N)N)cc1C[C@@H](C(=O)OC)C1CCCN1C(=O)c1ccc(-c2ccc(=O)[nH]c2)cc1. The van der Waals surface area contributed by atoms with Crippen LogP contribution in [0.25, 0.3) is 11.1 Å². The van der Waals surface area contributed by atoms with E-state index in [2.05, 4.69) is 4.98 Å². The van der Waals surface area contributed by atoms with E-state index in [-0.39, 0.29) is 29.8 Å². The van der Waals surface area contributed by atoms with Crippen molar-refractivity contribution >= 4 is 17.7 Å². The molecule has 210 valence electrons. The van der Waals surface area contributed by atoms with Crippen LogP contribution in [-0.2, 0) is 20.7 Å². The van der Waals surface area contributed by atoms with Gasteiger partial charge >= 0.3 is 5.97 Å². The first kappa shape index (κ1) is 28.6. The average Bonchev–Trinajstić information content (AvgIpc) is 3.46. The van der Waals surface area contributed by atoms with E-state index in [1.165, 1.54) is 13.2 Å². The average molecular weight is 547 g/mol. The van der Waals surface area contributed by atoms with Crippen LogP contribution in [0.5, 0.6) is 5.75 Å². The van der Waals surface area contributed by atoms with Crippen LogP contribution in [0.15, 0.2) is 65.6 Å². The molecule has 1 saturated heterocycles. The highest BCUT2D eigenvalue weighted by atomic mass is 16.5. The molecule has 2 aromatic carbocycles. The normalized spacial score (nSPS) is 15.4. The van der Waals surface area contributed by atoms with Gasteiger partial charge in [-0.3, -0.25) is 19.8 Å². The van der Waals surface area contributed by atoms with Crippen LogP contribution in [-0.4, -0.2) is 67.6 Å². The van der Waals surface area contributed by atoms with Crippen molar-refractivity contribution in [3.05, 3.63) is 87.8 Å². The summed E-state index contributed by atoms with van der Waals surface area (Å²) in [4.78, 5) is 42.5. The molecule has 0 aliphatic carbocycles. The van der Waals surface area contributed by atoms with Crippen molar-refractivity contribution in [2.24, 2.45) is 11.7 Å². The van der Waals surface area contributed by atoms with Crippen molar-refractivity contribution in [2.45, 2.75) is 25.3 Å². The standard InChI is InChI=1S/C30H34N4O6/c1-38-14-15-40-26-11-9-21(28(31)32)16-23(26)17-24(30(37)39-2)25-4-3-13-34(25)29(36)20-7-5-19(6-8-20)22-10-12-27(35)33-18-22/h5-12,16,18,24-25H,3-4,13-15,17H2,1-2H3,(H3,31,32)(H,33,35)/t24-,25?/m1/s1. The van der Waals surface area contributed by atoms with Gasteiger partial charge in [0.15, 0.2) is 0 Å². The molecule has 0 bridgehead atoms. The van der Waals surface area contributed by atoms with Gasteiger partial charge in [-0.1, -0.05) is 12.1 Å². The number of amidine groups is 1. The number of pyridine rings is 1. The van der Waals surface area contributed by atoms with Crippen LogP contribution < -0.4 is 16.0 Å². The van der Waals surface area contributed by atoms with Crippen molar-refractivity contribution in [3.63, 3.8) is 0 Å². The number of esters is 1. The van der Waals surface area contributed by atoms with Crippen LogP contribution >= 0.6 is 0 Å². The number of aromatic nitrogens is 1. The Kier molecular flexibility index (Phi) is 9.34. The van der Waals surface area contributed by atoms with Gasteiger partial charge in [-0.05, 0) is 72.4 Å². The van der Waals surface area contributed by atoms with Crippen molar-refractivity contribution in [2.75, 3.05) is 34.0 Å². The summed E-state index contributed by atoms with van der Waals surface area (Å²) >= 11 is 0. The number of methoxy groups -OCH3 is 2. The third kappa shape index (κ3) is 6.58. The fraction of sp³-hybridized carbons (Fsp3) is 0.333. The summed E-state index contributed by atoms with van der Waals surface area (Å²) in [5.41, 5.74) is 8.97. The fourth-order valence-corrected chi connectivity index (χ4v) is 5.07. The number of nitrogen functional groups attached to an aromatic ring is 1. The first-order chi connectivity index (χ1) is 19.3. The molecule has 1 unspecified atom stereocenters. The lowest BCUT2D eigenvalue weighted by atomic mass is 9.89. The lowest BCUT2D eigenvalue weighted by Gasteiger charge is -2.31. The maximum absolute atomic E-state index is 13.6. The summed E-state index contributed by atoms with van der Waals surface area (Å²) in [5, 5.41) is 7.86. The van der Waals surface area contributed by atoms with E-state index in [0.29, 0.717) is 48.6 Å². The molecule has 1 amide bonds. The molecular weight excluding hydrogens is 512 g/mol. The lowest BCUT2D eigenvalue weighted by Crippen LogP contribution is -2.44. The van der Waals surface area contributed by atoms with E-state index < -0.39 is 11.9 Å². The van der Waals surface area contributed by atoms with Gasteiger partial charge in [-0.15, -0.1) is 0 Å². The van der Waals surface area contributed by atoms with Crippen molar-refractivity contribution in [1.29, 1.82) is 5.41 Å². The third-order valence-corrected chi connectivity index (χ3v) is 7.13. The number of benzene rings is 2. The Balaban J connectivity index is 1.59. The number of nitrogens with zero attached hydrogens (tertiary/aromatic N) is 1. The van der Waals surface area contributed by atoms with E-state index in [9.17, 15) is 14.4 Å². The molecular formula is C30H34N4O6. The van der Waals surface area contributed by atoms with Crippen LogP contribution in [0.1, 0.15) is 34.3 Å². The first-order valence-electron chi connectivity index (χ1n) is 13.1. The Morgan fingerprint density at radius 1 is 1.05 bits per heavy atom. The largest absolute Gasteiger partial charge is 0.491 e. The van der Waals surface area contributed by atoms with Gasteiger partial charge in [-0.2, -0.15) is 0 Å². The van der Waals surface area contributed by atoms with Crippen molar-refractivity contribution in [1.82, 2.24) is 9.88 Å². The molecule has 0 spiro atoms. The van der Waals surface area contributed by atoms with Crippen LogP contribution in [0, 0.1) is 11.3 Å². The van der Waals surface area contributed by atoms with E-state index in [4.69, 9.17) is 25.4 Å². The molecule has 4 N–H and O–H groups in total. The van der Waals surface area contributed by atoms with Crippen LogP contribution in [0.2, 0.25) is 0 Å². The van der Waals surface area contributed by atoms with Gasteiger partial charge in [0.2, 0.25) is 5.56 Å². The summed E-state index contributed by atoms with van der Waals surface area (Å²) < 4.78 is 16.2. The zero-order valence-corrected chi connectivity index (χ0v) is 22.6. The second-order valence-electron chi connectivity index (χ2n) is 9.64. The van der Waals surface area contributed by atoms with Gasteiger partial charge in [0, 0.05) is 43.1 Å². The predicted molar refractivity (Wildman–Crippen MR) is 151 cm³/mol. The summed E-state index contributed by atoms with van der Waals surface area (Å²) in [6.07, 6.45) is 3.28. The molecule has 3 aromatic rings. The Bertz CT molecular complexity index is 1400. The number of nitrogens with two attached hydrogens (primary N) is 1. The predicted octanol–water partition coefficient (Wildman–Crippen LogP) is 2.99. The van der Waals surface area contributed by atoms with Crippen LogP contribution in [0.4, 0.5) is 0 Å². The second kappa shape index (κ2) is 13.1. The van der Waals surface area contributed by atoms with E-state index in [1.807, 2.05) is 12.1 Å². The number of hydrogen-bond donors (Lipinski definition) is 3. The maximum atomic E-state index is 13.6. The second-order valence-corrected chi connectivity index (χ2v) is 9.64. The molecule has 2 heterocycles. The minimum atomic E-state index is -0.649. The zero-order valence-electron chi connectivity index (χ0n) is 22.6. The molecule has 2 atom stereocenters. The number of nitrogens with one attached hydrogen (secondary N) is 2. The molecule has 0 radical (unpaired) electrons. The topological polar surface area (TPSA) is 148 Å². The Labute approximate surface area is 232 Å². The highest BCUT2D eigenvalue weighted by molar-refractivity contribution is 5.96. The summed E-state index contributed by atoms with van der Waals surface area (Å²) in [6.45, 7) is 1.22. The van der Waals surface area contributed by atoms with Gasteiger partial charge < -0.3 is 29.8 Å². The number of hydrogen-bond acceptors (Lipinski definition) is 7. The zero-order chi connectivity index (χ0) is 28.6. The Hall–Kier alpha value is -4.44. The van der Waals surface area contributed by atoms with Crippen LogP contribution in [0.3, 0.4) is 0 Å². The number of rotatable bonds is 11.